The van der Waals surface area contributed by atoms with Gasteiger partial charge in [-0.25, -0.2) is 4.98 Å². The molecular weight excluding hydrogens is 322 g/mol. The largest absolute Gasteiger partial charge is 0.395 e. The highest BCUT2D eigenvalue weighted by molar-refractivity contribution is 7.09. The van der Waals surface area contributed by atoms with Crippen LogP contribution in [0.4, 0.5) is 5.69 Å². The maximum Gasteiger partial charge on any atom is 0.241 e. The molecule has 0 fully saturated rings. The average molecular weight is 345 g/mol. The minimum absolute atomic E-state index is 0.0775. The molecule has 6 heteroatoms. The third-order valence-electron chi connectivity index (χ3n) is 4.41. The van der Waals surface area contributed by atoms with Crippen molar-refractivity contribution in [1.29, 1.82) is 0 Å². The summed E-state index contributed by atoms with van der Waals surface area (Å²) in [6.45, 7) is 6.46. The Bertz CT molecular complexity index is 729. The number of benzene rings is 1. The second-order valence-electron chi connectivity index (χ2n) is 5.98. The number of aryl methyl sites for hydroxylation is 1. The zero-order valence-electron chi connectivity index (χ0n) is 14.2. The average Bonchev–Trinajstić information content (AvgIpc) is 3.19. The monoisotopic (exact) mass is 345 g/mol. The molecule has 0 saturated carbocycles. The summed E-state index contributed by atoms with van der Waals surface area (Å²) in [6.07, 6.45) is 0.879. The first-order valence-corrected chi connectivity index (χ1v) is 9.19. The number of anilines is 1. The van der Waals surface area contributed by atoms with Crippen LogP contribution in [-0.2, 0) is 11.2 Å². The van der Waals surface area contributed by atoms with Gasteiger partial charge in [-0.05, 0) is 37.6 Å². The van der Waals surface area contributed by atoms with Crippen molar-refractivity contribution in [2.24, 2.45) is 0 Å². The Morgan fingerprint density at radius 2 is 2.29 bits per heavy atom. The van der Waals surface area contributed by atoms with Gasteiger partial charge < -0.3 is 10.0 Å². The predicted octanol–water partition coefficient (Wildman–Crippen LogP) is 2.32. The molecule has 0 aliphatic carbocycles. The van der Waals surface area contributed by atoms with E-state index in [0.29, 0.717) is 13.1 Å². The van der Waals surface area contributed by atoms with Crippen LogP contribution in [0.3, 0.4) is 0 Å². The number of aromatic nitrogens is 1. The minimum Gasteiger partial charge on any atom is -0.395 e. The summed E-state index contributed by atoms with van der Waals surface area (Å²) in [5, 5.41) is 12.2. The van der Waals surface area contributed by atoms with Gasteiger partial charge in [-0.3, -0.25) is 9.69 Å². The molecule has 0 atom stereocenters. The highest BCUT2D eigenvalue weighted by atomic mass is 32.1. The molecule has 0 spiro atoms. The van der Waals surface area contributed by atoms with Gasteiger partial charge in [-0.2, -0.15) is 0 Å². The molecule has 24 heavy (non-hydrogen) atoms. The maximum absolute atomic E-state index is 12.6. The van der Waals surface area contributed by atoms with E-state index in [1.807, 2.05) is 35.8 Å². The minimum atomic E-state index is 0.0775. The van der Waals surface area contributed by atoms with Crippen molar-refractivity contribution in [2.75, 3.05) is 37.7 Å². The summed E-state index contributed by atoms with van der Waals surface area (Å²) in [7, 11) is 0. The summed E-state index contributed by atoms with van der Waals surface area (Å²) >= 11 is 1.65. The Labute approximate surface area is 146 Å². The SMILES string of the molecule is CCN(CCO)CC(=O)N1CCc2cc(-c3csc(C)n3)ccc21. The van der Waals surface area contributed by atoms with Crippen molar-refractivity contribution in [3.05, 3.63) is 34.2 Å². The number of fused-ring (bicyclic) bond motifs is 1. The van der Waals surface area contributed by atoms with Crippen molar-refractivity contribution >= 4 is 22.9 Å². The standard InChI is InChI=1S/C18H23N3O2S/c1-3-20(8-9-22)11-18(23)21-7-6-15-10-14(4-5-17(15)21)16-12-24-13(2)19-16/h4-5,10,12,22H,3,6-9,11H2,1-2H3. The zero-order valence-corrected chi connectivity index (χ0v) is 15.0. The highest BCUT2D eigenvalue weighted by Crippen LogP contribution is 2.32. The summed E-state index contributed by atoms with van der Waals surface area (Å²) in [5.41, 5.74) is 4.33. The number of carbonyl (C=O) groups is 1. The Morgan fingerprint density at radius 3 is 2.96 bits per heavy atom. The molecule has 3 rings (SSSR count). The normalized spacial score (nSPS) is 13.6. The molecule has 2 heterocycles. The van der Waals surface area contributed by atoms with E-state index in [4.69, 9.17) is 5.11 Å². The Hall–Kier alpha value is -1.76. The summed E-state index contributed by atoms with van der Waals surface area (Å²) < 4.78 is 0. The molecule has 128 valence electrons. The number of thiazole rings is 1. The van der Waals surface area contributed by atoms with Crippen molar-refractivity contribution in [3.8, 4) is 11.3 Å². The fraction of sp³-hybridized carbons (Fsp3) is 0.444. The number of likely N-dealkylation sites (N-methyl/N-ethyl adjacent to an activating group) is 1. The molecule has 2 aromatic rings. The molecule has 0 radical (unpaired) electrons. The molecule has 1 aromatic heterocycles. The van der Waals surface area contributed by atoms with Crippen LogP contribution in [0.5, 0.6) is 0 Å². The van der Waals surface area contributed by atoms with Gasteiger partial charge in [0.2, 0.25) is 5.91 Å². The molecule has 1 aliphatic heterocycles. The van der Waals surface area contributed by atoms with E-state index in [-0.39, 0.29) is 12.5 Å². The van der Waals surface area contributed by atoms with Crippen LogP contribution in [0.15, 0.2) is 23.6 Å². The first-order valence-electron chi connectivity index (χ1n) is 8.31. The van der Waals surface area contributed by atoms with Gasteiger partial charge in [0.1, 0.15) is 0 Å². The molecule has 1 aliphatic rings. The topological polar surface area (TPSA) is 56.7 Å². The lowest BCUT2D eigenvalue weighted by Crippen LogP contribution is -2.40. The van der Waals surface area contributed by atoms with Crippen LogP contribution in [0.1, 0.15) is 17.5 Å². The van der Waals surface area contributed by atoms with E-state index in [0.717, 1.165) is 41.5 Å². The fourth-order valence-corrected chi connectivity index (χ4v) is 3.71. The zero-order chi connectivity index (χ0) is 17.1. The first kappa shape index (κ1) is 17.1. The number of aliphatic hydroxyl groups is 1. The predicted molar refractivity (Wildman–Crippen MR) is 97.5 cm³/mol. The summed E-state index contributed by atoms with van der Waals surface area (Å²) in [6, 6.07) is 6.24. The molecule has 1 N–H and O–H groups in total. The lowest BCUT2D eigenvalue weighted by molar-refractivity contribution is -0.119. The van der Waals surface area contributed by atoms with Crippen LogP contribution in [0, 0.1) is 6.92 Å². The van der Waals surface area contributed by atoms with Crippen LogP contribution < -0.4 is 4.90 Å². The smallest absolute Gasteiger partial charge is 0.241 e. The summed E-state index contributed by atoms with van der Waals surface area (Å²) in [5.74, 6) is 0.0984. The molecule has 0 unspecified atom stereocenters. The number of rotatable bonds is 6. The number of aliphatic hydroxyl groups excluding tert-OH is 1. The van der Waals surface area contributed by atoms with Gasteiger partial charge in [0.05, 0.1) is 23.9 Å². The number of amides is 1. The van der Waals surface area contributed by atoms with Crippen LogP contribution in [0.25, 0.3) is 11.3 Å². The van der Waals surface area contributed by atoms with Gasteiger partial charge in [0.25, 0.3) is 0 Å². The van der Waals surface area contributed by atoms with Gasteiger partial charge in [-0.15, -0.1) is 11.3 Å². The van der Waals surface area contributed by atoms with Crippen molar-refractivity contribution < 1.29 is 9.90 Å². The number of hydrogen-bond donors (Lipinski definition) is 1. The molecule has 0 bridgehead atoms. The third-order valence-corrected chi connectivity index (χ3v) is 5.19. The second kappa shape index (κ2) is 7.42. The van der Waals surface area contributed by atoms with E-state index in [2.05, 4.69) is 16.4 Å². The van der Waals surface area contributed by atoms with E-state index < -0.39 is 0 Å². The van der Waals surface area contributed by atoms with E-state index >= 15 is 0 Å². The number of carbonyl (C=O) groups excluding carboxylic acids is 1. The molecule has 5 nitrogen and oxygen atoms in total. The Balaban J connectivity index is 1.76. The van der Waals surface area contributed by atoms with Gasteiger partial charge in [0, 0.05) is 29.7 Å². The van der Waals surface area contributed by atoms with Crippen molar-refractivity contribution in [3.63, 3.8) is 0 Å². The van der Waals surface area contributed by atoms with Crippen molar-refractivity contribution in [1.82, 2.24) is 9.88 Å². The lowest BCUT2D eigenvalue weighted by Gasteiger charge is -2.23. The second-order valence-corrected chi connectivity index (χ2v) is 7.05. The number of nitrogens with zero attached hydrogens (tertiary/aromatic N) is 3. The van der Waals surface area contributed by atoms with Crippen LogP contribution in [-0.4, -0.2) is 53.7 Å². The van der Waals surface area contributed by atoms with Crippen molar-refractivity contribution in [2.45, 2.75) is 20.3 Å². The quantitative estimate of drug-likeness (QED) is 0.873. The van der Waals surface area contributed by atoms with Crippen LogP contribution in [0.2, 0.25) is 0 Å². The molecular formula is C18H23N3O2S. The Morgan fingerprint density at radius 1 is 1.46 bits per heavy atom. The van der Waals surface area contributed by atoms with E-state index in [1.54, 1.807) is 11.3 Å². The fourth-order valence-electron chi connectivity index (χ4n) is 3.08. The van der Waals surface area contributed by atoms with E-state index in [1.165, 1.54) is 5.56 Å². The van der Waals surface area contributed by atoms with E-state index in [9.17, 15) is 4.79 Å². The van der Waals surface area contributed by atoms with Gasteiger partial charge in [-0.1, -0.05) is 13.0 Å². The van der Waals surface area contributed by atoms with Gasteiger partial charge in [0.15, 0.2) is 0 Å². The number of hydrogen-bond acceptors (Lipinski definition) is 5. The maximum atomic E-state index is 12.6. The lowest BCUT2D eigenvalue weighted by atomic mass is 10.1. The first-order chi connectivity index (χ1) is 11.6. The highest BCUT2D eigenvalue weighted by Gasteiger charge is 2.26. The van der Waals surface area contributed by atoms with Crippen LogP contribution >= 0.6 is 11.3 Å². The van der Waals surface area contributed by atoms with Gasteiger partial charge >= 0.3 is 0 Å². The molecule has 0 saturated heterocycles. The molecule has 1 aromatic carbocycles. The summed E-state index contributed by atoms with van der Waals surface area (Å²) in [4.78, 5) is 21.0. The third kappa shape index (κ3) is 3.50. The Kier molecular flexibility index (Phi) is 5.28. The molecule has 1 amide bonds.